The van der Waals surface area contributed by atoms with E-state index in [0.717, 1.165) is 40.5 Å². The normalized spacial score (nSPS) is 14.1. The first kappa shape index (κ1) is 28.6. The number of benzene rings is 1. The lowest BCUT2D eigenvalue weighted by Gasteiger charge is -2.22. The minimum atomic E-state index is -0.816. The van der Waals surface area contributed by atoms with Gasteiger partial charge in [0.05, 0.1) is 31.3 Å². The fourth-order valence-corrected chi connectivity index (χ4v) is 4.74. The predicted molar refractivity (Wildman–Crippen MR) is 139 cm³/mol. The minimum Gasteiger partial charge on any atom is -0.461 e. The van der Waals surface area contributed by atoms with Crippen molar-refractivity contribution in [3.63, 3.8) is 0 Å². The summed E-state index contributed by atoms with van der Waals surface area (Å²) >= 11 is 3.48. The zero-order valence-electron chi connectivity index (χ0n) is 20.1. The number of hydrogen-bond acceptors (Lipinski definition) is 9. The lowest BCUT2D eigenvalue weighted by molar-refractivity contribution is -0.141. The van der Waals surface area contributed by atoms with Crippen LogP contribution in [-0.2, 0) is 19.0 Å². The molecule has 0 aliphatic carbocycles. The molecule has 0 saturated carbocycles. The number of esters is 1. The molecule has 2 rings (SSSR count). The maximum atomic E-state index is 11.5. The van der Waals surface area contributed by atoms with Crippen molar-refractivity contribution in [2.45, 2.75) is 51.5 Å². The first-order valence-electron chi connectivity index (χ1n) is 11.7. The van der Waals surface area contributed by atoms with Crippen molar-refractivity contribution < 1.29 is 24.1 Å². The van der Waals surface area contributed by atoms with E-state index in [-0.39, 0.29) is 31.3 Å². The number of ether oxygens (including phenoxy) is 3. The Hall–Kier alpha value is -1.59. The maximum absolute atomic E-state index is 11.5. The Bertz CT molecular complexity index is 851. The van der Waals surface area contributed by atoms with Gasteiger partial charge in [0, 0.05) is 12.2 Å². The second-order valence-electron chi connectivity index (χ2n) is 7.72. The molecule has 1 aromatic carbocycles. The highest BCUT2D eigenvalue weighted by Gasteiger charge is 2.19. The average molecular weight is 512 g/mol. The molecule has 0 bridgehead atoms. The average Bonchev–Trinajstić information content (AvgIpc) is 3.26. The summed E-state index contributed by atoms with van der Waals surface area (Å²) in [5.74, 6) is 3.28. The molecule has 0 amide bonds. The topological polar surface area (TPSA) is 95.7 Å². The number of fused-ring (bicyclic) bond motifs is 1. The van der Waals surface area contributed by atoms with Gasteiger partial charge in [0.2, 0.25) is 0 Å². The van der Waals surface area contributed by atoms with Crippen molar-refractivity contribution in [1.82, 2.24) is 15.0 Å². The van der Waals surface area contributed by atoms with Crippen LogP contribution in [0.4, 0.5) is 0 Å². The highest BCUT2D eigenvalue weighted by atomic mass is 32.2. The maximum Gasteiger partial charge on any atom is 0.306 e. The summed E-state index contributed by atoms with van der Waals surface area (Å²) in [5, 5.41) is 18.8. The SMILES string of the molecule is C=CCOC(=O)CCSCCC(C)OCC(COC(O)CCSCC)n1nnc2ccccc21. The summed E-state index contributed by atoms with van der Waals surface area (Å²) in [4.78, 5) is 11.5. The van der Waals surface area contributed by atoms with Gasteiger partial charge in [-0.25, -0.2) is 4.68 Å². The van der Waals surface area contributed by atoms with E-state index >= 15 is 0 Å². The monoisotopic (exact) mass is 511 g/mol. The Morgan fingerprint density at radius 2 is 1.94 bits per heavy atom. The van der Waals surface area contributed by atoms with Gasteiger partial charge in [-0.2, -0.15) is 23.5 Å². The second kappa shape index (κ2) is 16.9. The Balaban J connectivity index is 1.82. The van der Waals surface area contributed by atoms with Crippen LogP contribution in [0.1, 0.15) is 39.2 Å². The quantitative estimate of drug-likeness (QED) is 0.129. The fraction of sp³-hybridized carbons (Fsp3) is 0.625. The summed E-state index contributed by atoms with van der Waals surface area (Å²) in [5.41, 5.74) is 1.71. The van der Waals surface area contributed by atoms with Gasteiger partial charge in [-0.1, -0.05) is 36.9 Å². The van der Waals surface area contributed by atoms with Gasteiger partial charge in [-0.3, -0.25) is 4.79 Å². The molecular weight excluding hydrogens is 474 g/mol. The first-order chi connectivity index (χ1) is 16.5. The van der Waals surface area contributed by atoms with Gasteiger partial charge in [0.1, 0.15) is 18.2 Å². The first-order valence-corrected chi connectivity index (χ1v) is 14.0. The highest BCUT2D eigenvalue weighted by molar-refractivity contribution is 7.99. The number of carbonyl (C=O) groups excluding carboxylic acids is 1. The van der Waals surface area contributed by atoms with Crippen molar-refractivity contribution in [2.75, 3.05) is 42.8 Å². The summed E-state index contributed by atoms with van der Waals surface area (Å²) in [6.07, 6.45) is 2.61. The molecule has 1 N–H and O–H groups in total. The second-order valence-corrected chi connectivity index (χ2v) is 10.3. The molecule has 1 aromatic heterocycles. The molecule has 8 nitrogen and oxygen atoms in total. The van der Waals surface area contributed by atoms with E-state index in [1.165, 1.54) is 0 Å². The van der Waals surface area contributed by atoms with Crippen LogP contribution in [-0.4, -0.2) is 81.3 Å². The van der Waals surface area contributed by atoms with E-state index < -0.39 is 6.29 Å². The van der Waals surface area contributed by atoms with E-state index in [9.17, 15) is 9.90 Å². The zero-order chi connectivity index (χ0) is 24.6. The molecule has 190 valence electrons. The lowest BCUT2D eigenvalue weighted by atomic mass is 10.2. The van der Waals surface area contributed by atoms with Gasteiger partial charge in [0.25, 0.3) is 0 Å². The van der Waals surface area contributed by atoms with Crippen molar-refractivity contribution in [3.8, 4) is 0 Å². The van der Waals surface area contributed by atoms with Crippen LogP contribution in [0.15, 0.2) is 36.9 Å². The molecule has 0 spiro atoms. The zero-order valence-corrected chi connectivity index (χ0v) is 21.8. The van der Waals surface area contributed by atoms with Crippen LogP contribution in [0.2, 0.25) is 0 Å². The molecule has 0 saturated heterocycles. The van der Waals surface area contributed by atoms with Gasteiger partial charge in [0.15, 0.2) is 6.29 Å². The van der Waals surface area contributed by atoms with Gasteiger partial charge in [-0.15, -0.1) is 5.10 Å². The van der Waals surface area contributed by atoms with Crippen molar-refractivity contribution in [2.24, 2.45) is 0 Å². The number of hydrogen-bond donors (Lipinski definition) is 1. The minimum absolute atomic E-state index is 0.0309. The van der Waals surface area contributed by atoms with Gasteiger partial charge in [-0.05, 0) is 42.7 Å². The summed E-state index contributed by atoms with van der Waals surface area (Å²) in [6.45, 7) is 8.59. The van der Waals surface area contributed by atoms with Crippen molar-refractivity contribution in [1.29, 1.82) is 0 Å². The van der Waals surface area contributed by atoms with Crippen LogP contribution in [0.5, 0.6) is 0 Å². The predicted octanol–water partition coefficient (Wildman–Crippen LogP) is 4.10. The Morgan fingerprint density at radius 3 is 2.74 bits per heavy atom. The van der Waals surface area contributed by atoms with Crippen LogP contribution >= 0.6 is 23.5 Å². The number of aliphatic hydroxyl groups excluding tert-OH is 1. The summed E-state index contributed by atoms with van der Waals surface area (Å²) < 4.78 is 18.7. The Morgan fingerprint density at radius 1 is 1.18 bits per heavy atom. The third-order valence-electron chi connectivity index (χ3n) is 4.97. The van der Waals surface area contributed by atoms with E-state index in [1.807, 2.05) is 35.9 Å². The Labute approximate surface area is 210 Å². The van der Waals surface area contributed by atoms with Crippen LogP contribution in [0, 0.1) is 0 Å². The molecule has 34 heavy (non-hydrogen) atoms. The third kappa shape index (κ3) is 10.8. The van der Waals surface area contributed by atoms with Gasteiger partial charge < -0.3 is 19.3 Å². The number of para-hydroxylation sites is 1. The molecule has 1 heterocycles. The Kier molecular flexibility index (Phi) is 14.3. The van der Waals surface area contributed by atoms with Crippen molar-refractivity contribution in [3.05, 3.63) is 36.9 Å². The molecule has 3 atom stereocenters. The number of rotatable bonds is 19. The molecule has 0 fully saturated rings. The van der Waals surface area contributed by atoms with E-state index in [2.05, 4.69) is 23.8 Å². The standard InChI is InChI=1S/C24H37N3O5S2/c1-4-13-30-23(28)12-16-34-14-10-19(3)31-17-20(18-32-24(29)11-15-33-5-2)27-22-9-7-6-8-21(22)25-26-27/h4,6-9,19-20,24,29H,1,5,10-18H2,2-3H3. The molecule has 10 heteroatoms. The van der Waals surface area contributed by atoms with Gasteiger partial charge >= 0.3 is 5.97 Å². The summed E-state index contributed by atoms with van der Waals surface area (Å²) in [6, 6.07) is 7.55. The number of thioether (sulfide) groups is 2. The lowest BCUT2D eigenvalue weighted by Crippen LogP contribution is -2.27. The molecule has 2 aromatic rings. The molecular formula is C24H37N3O5S2. The van der Waals surface area contributed by atoms with E-state index in [1.54, 1.807) is 29.6 Å². The van der Waals surface area contributed by atoms with Crippen LogP contribution < -0.4 is 0 Å². The number of carbonyl (C=O) groups is 1. The smallest absolute Gasteiger partial charge is 0.306 e. The third-order valence-corrected chi connectivity index (χ3v) is 6.92. The number of aliphatic hydroxyl groups is 1. The molecule has 0 radical (unpaired) electrons. The molecule has 0 aliphatic rings. The molecule has 3 unspecified atom stereocenters. The summed E-state index contributed by atoms with van der Waals surface area (Å²) in [7, 11) is 0. The largest absolute Gasteiger partial charge is 0.461 e. The molecule has 0 aliphatic heterocycles. The number of nitrogens with zero attached hydrogens (tertiary/aromatic N) is 3. The fourth-order valence-electron chi connectivity index (χ4n) is 3.07. The highest BCUT2D eigenvalue weighted by Crippen LogP contribution is 2.19. The number of aromatic nitrogens is 3. The van der Waals surface area contributed by atoms with E-state index in [4.69, 9.17) is 14.2 Å². The van der Waals surface area contributed by atoms with Crippen LogP contribution in [0.25, 0.3) is 11.0 Å². The van der Waals surface area contributed by atoms with Crippen LogP contribution in [0.3, 0.4) is 0 Å². The van der Waals surface area contributed by atoms with E-state index in [0.29, 0.717) is 19.4 Å². The van der Waals surface area contributed by atoms with Crippen molar-refractivity contribution >= 4 is 40.5 Å².